The molecule has 2 rings (SSSR count). The van der Waals surface area contributed by atoms with Crippen molar-refractivity contribution in [2.75, 3.05) is 19.6 Å². The Morgan fingerprint density at radius 1 is 1.17 bits per heavy atom. The first-order valence-electron chi connectivity index (χ1n) is 7.26. The second-order valence-electron chi connectivity index (χ2n) is 5.48. The summed E-state index contributed by atoms with van der Waals surface area (Å²) in [6.45, 7) is 0.918. The summed E-state index contributed by atoms with van der Waals surface area (Å²) in [6.07, 6.45) is -3.00. The number of nitrogens with two attached hydrogens (primary N) is 1. The van der Waals surface area contributed by atoms with Gasteiger partial charge in [-0.1, -0.05) is 0 Å². The summed E-state index contributed by atoms with van der Waals surface area (Å²) >= 11 is 0. The van der Waals surface area contributed by atoms with Gasteiger partial charge in [0.25, 0.3) is 5.91 Å². The van der Waals surface area contributed by atoms with Crippen molar-refractivity contribution in [3.63, 3.8) is 0 Å². The number of benzene rings is 1. The maximum absolute atomic E-state index is 12.4. The average molecular weight is 366 g/mol. The van der Waals surface area contributed by atoms with Gasteiger partial charge in [-0.2, -0.15) is 13.2 Å². The van der Waals surface area contributed by atoms with Gasteiger partial charge in [0, 0.05) is 24.7 Å². The van der Waals surface area contributed by atoms with Crippen molar-refractivity contribution in [1.82, 2.24) is 10.2 Å². The van der Waals surface area contributed by atoms with Crippen LogP contribution in [-0.2, 0) is 11.0 Å². The second-order valence-corrected chi connectivity index (χ2v) is 5.48. The maximum atomic E-state index is 12.4. The molecule has 0 radical (unpaired) electrons. The molecule has 1 aliphatic rings. The monoisotopic (exact) mass is 365 g/mol. The normalized spacial score (nSPS) is 15.6. The predicted octanol–water partition coefficient (Wildman–Crippen LogP) is 1.81. The molecule has 0 aromatic heterocycles. The molecule has 1 fully saturated rings. The van der Waals surface area contributed by atoms with Crippen molar-refractivity contribution in [2.45, 2.75) is 25.1 Å². The minimum atomic E-state index is -4.44. The summed E-state index contributed by atoms with van der Waals surface area (Å²) in [4.78, 5) is 25.4. The minimum Gasteiger partial charge on any atom is -0.343 e. The third-order valence-electron chi connectivity index (χ3n) is 3.77. The smallest absolute Gasteiger partial charge is 0.343 e. The van der Waals surface area contributed by atoms with E-state index in [1.165, 1.54) is 0 Å². The van der Waals surface area contributed by atoms with Gasteiger partial charge in [-0.25, -0.2) is 0 Å². The third kappa shape index (κ3) is 5.38. The van der Waals surface area contributed by atoms with Crippen molar-refractivity contribution in [3.8, 4) is 0 Å². The van der Waals surface area contributed by atoms with E-state index in [-0.39, 0.29) is 36.5 Å². The summed E-state index contributed by atoms with van der Waals surface area (Å²) in [6, 6.07) is 3.94. The fourth-order valence-corrected chi connectivity index (χ4v) is 2.33. The molecule has 3 N–H and O–H groups in total. The number of likely N-dealkylation sites (tertiary alicyclic amines) is 1. The fourth-order valence-electron chi connectivity index (χ4n) is 2.33. The highest BCUT2D eigenvalue weighted by Gasteiger charge is 2.30. The van der Waals surface area contributed by atoms with Crippen molar-refractivity contribution >= 4 is 24.2 Å². The van der Waals surface area contributed by atoms with Crippen LogP contribution >= 0.6 is 12.4 Å². The first-order chi connectivity index (χ1) is 10.8. The molecular weight excluding hydrogens is 347 g/mol. The number of piperidine rings is 1. The SMILES string of the molecule is Cl.NC1CCN(C(=O)CNC(=O)c2ccc(C(F)(F)F)cc2)CC1. The Hall–Kier alpha value is -1.80. The summed E-state index contributed by atoms with van der Waals surface area (Å²) < 4.78 is 37.3. The summed E-state index contributed by atoms with van der Waals surface area (Å²) in [5, 5.41) is 2.42. The van der Waals surface area contributed by atoms with Crippen LogP contribution in [0.3, 0.4) is 0 Å². The maximum Gasteiger partial charge on any atom is 0.416 e. The van der Waals surface area contributed by atoms with Crippen LogP contribution in [0.1, 0.15) is 28.8 Å². The molecular formula is C15H19ClF3N3O2. The topological polar surface area (TPSA) is 75.4 Å². The van der Waals surface area contributed by atoms with Crippen molar-refractivity contribution in [3.05, 3.63) is 35.4 Å². The second kappa shape index (κ2) is 8.34. The Morgan fingerprint density at radius 2 is 1.71 bits per heavy atom. The molecule has 0 saturated carbocycles. The summed E-state index contributed by atoms with van der Waals surface area (Å²) in [5.41, 5.74) is 5.00. The molecule has 0 bridgehead atoms. The van der Waals surface area contributed by atoms with Gasteiger partial charge >= 0.3 is 6.18 Å². The zero-order valence-electron chi connectivity index (χ0n) is 12.8. The first kappa shape index (κ1) is 20.2. The number of nitrogens with one attached hydrogen (secondary N) is 1. The highest BCUT2D eigenvalue weighted by atomic mass is 35.5. The molecule has 24 heavy (non-hydrogen) atoms. The van der Waals surface area contributed by atoms with E-state index in [1.54, 1.807) is 4.90 Å². The van der Waals surface area contributed by atoms with E-state index in [4.69, 9.17) is 5.73 Å². The van der Waals surface area contributed by atoms with Gasteiger partial charge in [-0.05, 0) is 37.1 Å². The lowest BCUT2D eigenvalue weighted by Gasteiger charge is -2.30. The Labute approximate surface area is 143 Å². The van der Waals surface area contributed by atoms with Crippen molar-refractivity contribution in [1.29, 1.82) is 0 Å². The van der Waals surface area contributed by atoms with E-state index in [9.17, 15) is 22.8 Å². The standard InChI is InChI=1S/C15H18F3N3O2.ClH/c16-15(17,18)11-3-1-10(2-4-11)14(23)20-9-13(22)21-7-5-12(19)6-8-21;/h1-4,12H,5-9,19H2,(H,20,23);1H. The highest BCUT2D eigenvalue weighted by Crippen LogP contribution is 2.29. The molecule has 0 atom stereocenters. The predicted molar refractivity (Wildman–Crippen MR) is 84.8 cm³/mol. The van der Waals surface area contributed by atoms with Crippen LogP contribution in [0.2, 0.25) is 0 Å². The Kier molecular flexibility index (Phi) is 7.04. The van der Waals surface area contributed by atoms with Gasteiger partial charge in [-0.3, -0.25) is 9.59 Å². The number of nitrogens with zero attached hydrogens (tertiary/aromatic N) is 1. The molecule has 1 aromatic rings. The number of carbonyl (C=O) groups excluding carboxylic acids is 2. The van der Waals surface area contributed by atoms with E-state index < -0.39 is 17.6 Å². The first-order valence-corrected chi connectivity index (χ1v) is 7.26. The number of hydrogen-bond donors (Lipinski definition) is 2. The number of carbonyl (C=O) groups is 2. The molecule has 1 saturated heterocycles. The lowest BCUT2D eigenvalue weighted by Crippen LogP contribution is -2.46. The third-order valence-corrected chi connectivity index (χ3v) is 3.77. The van der Waals surface area contributed by atoms with E-state index in [1.807, 2.05) is 0 Å². The van der Waals surface area contributed by atoms with E-state index in [0.717, 1.165) is 37.1 Å². The summed E-state index contributed by atoms with van der Waals surface area (Å²) in [7, 11) is 0. The number of hydrogen-bond acceptors (Lipinski definition) is 3. The van der Waals surface area contributed by atoms with Gasteiger partial charge in [0.2, 0.25) is 5.91 Å². The molecule has 0 unspecified atom stereocenters. The van der Waals surface area contributed by atoms with Crippen LogP contribution in [0.5, 0.6) is 0 Å². The van der Waals surface area contributed by atoms with Gasteiger partial charge < -0.3 is 16.0 Å². The fraction of sp³-hybridized carbons (Fsp3) is 0.467. The zero-order valence-corrected chi connectivity index (χ0v) is 13.6. The number of rotatable bonds is 3. The lowest BCUT2D eigenvalue weighted by molar-refractivity contribution is -0.137. The van der Waals surface area contributed by atoms with Crippen molar-refractivity contribution < 1.29 is 22.8 Å². The van der Waals surface area contributed by atoms with Gasteiger partial charge in [0.1, 0.15) is 0 Å². The van der Waals surface area contributed by atoms with Gasteiger partial charge in [0.15, 0.2) is 0 Å². The molecule has 1 heterocycles. The van der Waals surface area contributed by atoms with E-state index >= 15 is 0 Å². The molecule has 1 aromatic carbocycles. The molecule has 0 spiro atoms. The molecule has 1 aliphatic heterocycles. The van der Waals surface area contributed by atoms with Gasteiger partial charge in [0.05, 0.1) is 12.1 Å². The van der Waals surface area contributed by atoms with Crippen LogP contribution in [0.4, 0.5) is 13.2 Å². The Balaban J connectivity index is 0.00000288. The van der Waals surface area contributed by atoms with Crippen LogP contribution in [0, 0.1) is 0 Å². The Bertz CT molecular complexity index is 570. The number of amides is 2. The van der Waals surface area contributed by atoms with Crippen LogP contribution < -0.4 is 11.1 Å². The average Bonchev–Trinajstić information content (AvgIpc) is 2.52. The van der Waals surface area contributed by atoms with E-state index in [0.29, 0.717) is 13.1 Å². The minimum absolute atomic E-state index is 0. The van der Waals surface area contributed by atoms with Gasteiger partial charge in [-0.15, -0.1) is 12.4 Å². The molecule has 5 nitrogen and oxygen atoms in total. The zero-order chi connectivity index (χ0) is 17.0. The Morgan fingerprint density at radius 3 is 2.21 bits per heavy atom. The van der Waals surface area contributed by atoms with E-state index in [2.05, 4.69) is 5.32 Å². The largest absolute Gasteiger partial charge is 0.416 e. The van der Waals surface area contributed by atoms with Crippen LogP contribution in [0.15, 0.2) is 24.3 Å². The number of halogens is 4. The summed E-state index contributed by atoms with van der Waals surface area (Å²) in [5.74, 6) is -0.807. The molecule has 9 heteroatoms. The quantitative estimate of drug-likeness (QED) is 0.857. The van der Waals surface area contributed by atoms with Crippen LogP contribution in [-0.4, -0.2) is 42.4 Å². The van der Waals surface area contributed by atoms with Crippen molar-refractivity contribution in [2.24, 2.45) is 5.73 Å². The molecule has 2 amide bonds. The molecule has 0 aliphatic carbocycles. The highest BCUT2D eigenvalue weighted by molar-refractivity contribution is 5.96. The lowest BCUT2D eigenvalue weighted by atomic mass is 10.1. The number of alkyl halides is 3. The molecule has 134 valence electrons. The van der Waals surface area contributed by atoms with Crippen LogP contribution in [0.25, 0.3) is 0 Å².